The van der Waals surface area contributed by atoms with Gasteiger partial charge in [0.2, 0.25) is 0 Å². The molecule has 0 N–H and O–H groups in total. The zero-order valence-corrected chi connectivity index (χ0v) is 15.8. The predicted molar refractivity (Wildman–Crippen MR) is 90.6 cm³/mol. The number of nitrogens with zero attached hydrogens (tertiary/aromatic N) is 2. The highest BCUT2D eigenvalue weighted by Gasteiger charge is 2.16. The Bertz CT molecular complexity index is 736. The summed E-state index contributed by atoms with van der Waals surface area (Å²) in [6.07, 6.45) is 10.7. The SMILES string of the molecule is CCN1/C(=C\c2cc[n+](C)cc2)C=Cc2cc(OC)ccc21.[I-]. The van der Waals surface area contributed by atoms with Crippen molar-refractivity contribution in [2.24, 2.45) is 7.05 Å². The second-order valence-corrected chi connectivity index (χ2v) is 5.37. The third kappa shape index (κ3) is 3.75. The highest BCUT2D eigenvalue weighted by Crippen LogP contribution is 2.33. The largest absolute Gasteiger partial charge is 1.00 e. The number of hydrogen-bond acceptors (Lipinski definition) is 2. The number of likely N-dealkylation sites (N-methyl/N-ethyl adjacent to an activating group) is 1. The molecule has 3 nitrogen and oxygen atoms in total. The van der Waals surface area contributed by atoms with Gasteiger partial charge in [-0.25, -0.2) is 4.57 Å². The predicted octanol–water partition coefficient (Wildman–Crippen LogP) is 0.418. The van der Waals surface area contributed by atoms with Crippen molar-refractivity contribution in [2.45, 2.75) is 6.92 Å². The van der Waals surface area contributed by atoms with Crippen LogP contribution in [0.25, 0.3) is 12.2 Å². The fourth-order valence-electron chi connectivity index (χ4n) is 2.70. The minimum Gasteiger partial charge on any atom is -1.00 e. The molecule has 23 heavy (non-hydrogen) atoms. The summed E-state index contributed by atoms with van der Waals surface area (Å²) in [5, 5.41) is 0. The number of aryl methyl sites for hydroxylation is 1. The number of methoxy groups -OCH3 is 1. The van der Waals surface area contributed by atoms with E-state index in [0.29, 0.717) is 0 Å². The van der Waals surface area contributed by atoms with E-state index in [-0.39, 0.29) is 24.0 Å². The van der Waals surface area contributed by atoms with E-state index >= 15 is 0 Å². The van der Waals surface area contributed by atoms with Crippen LogP contribution < -0.4 is 38.2 Å². The number of ether oxygens (including phenoxy) is 1. The van der Waals surface area contributed by atoms with Crippen LogP contribution >= 0.6 is 0 Å². The van der Waals surface area contributed by atoms with Crippen molar-refractivity contribution in [3.8, 4) is 5.75 Å². The third-order valence-electron chi connectivity index (χ3n) is 3.91. The lowest BCUT2D eigenvalue weighted by molar-refractivity contribution is -0.671. The summed E-state index contributed by atoms with van der Waals surface area (Å²) in [4.78, 5) is 2.32. The van der Waals surface area contributed by atoms with Crippen LogP contribution in [0.3, 0.4) is 0 Å². The van der Waals surface area contributed by atoms with Gasteiger partial charge in [0.1, 0.15) is 12.8 Å². The van der Waals surface area contributed by atoms with Crippen molar-refractivity contribution in [3.63, 3.8) is 0 Å². The van der Waals surface area contributed by atoms with Crippen LogP contribution in [0.5, 0.6) is 5.75 Å². The number of rotatable bonds is 3. The molecule has 0 saturated carbocycles. The quantitative estimate of drug-likeness (QED) is 0.529. The molecule has 0 amide bonds. The molecule has 1 aromatic heterocycles. The molecule has 4 heteroatoms. The first-order valence-corrected chi connectivity index (χ1v) is 7.52. The van der Waals surface area contributed by atoms with Crippen molar-refractivity contribution in [1.82, 2.24) is 0 Å². The summed E-state index contributed by atoms with van der Waals surface area (Å²) in [5.74, 6) is 0.891. The first kappa shape index (κ1) is 17.5. The van der Waals surface area contributed by atoms with Gasteiger partial charge >= 0.3 is 0 Å². The molecule has 1 aliphatic rings. The van der Waals surface area contributed by atoms with Crippen molar-refractivity contribution < 1.29 is 33.3 Å². The van der Waals surface area contributed by atoms with Gasteiger partial charge in [0, 0.05) is 35.6 Å². The van der Waals surface area contributed by atoms with E-state index in [1.54, 1.807) is 7.11 Å². The molecule has 0 saturated heterocycles. The van der Waals surface area contributed by atoms with Gasteiger partial charge in [-0.3, -0.25) is 0 Å². The van der Waals surface area contributed by atoms with Crippen molar-refractivity contribution in [1.29, 1.82) is 0 Å². The highest BCUT2D eigenvalue weighted by molar-refractivity contribution is 5.80. The molecule has 0 fully saturated rings. The van der Waals surface area contributed by atoms with Crippen molar-refractivity contribution >= 4 is 17.8 Å². The van der Waals surface area contributed by atoms with Crippen LogP contribution in [-0.4, -0.2) is 13.7 Å². The van der Waals surface area contributed by atoms with Crippen LogP contribution in [0.4, 0.5) is 5.69 Å². The summed E-state index contributed by atoms with van der Waals surface area (Å²) >= 11 is 0. The molecule has 0 aliphatic carbocycles. The fourth-order valence-corrected chi connectivity index (χ4v) is 2.70. The number of halogens is 1. The molecule has 0 unspecified atom stereocenters. The molecular formula is C19H21IN2O. The molecule has 0 bridgehead atoms. The molecule has 120 valence electrons. The van der Waals surface area contributed by atoms with Crippen molar-refractivity contribution in [3.05, 3.63) is 65.6 Å². The minimum atomic E-state index is 0. The number of fused-ring (bicyclic) bond motifs is 1. The molecule has 2 aromatic rings. The molecule has 0 radical (unpaired) electrons. The maximum atomic E-state index is 5.31. The standard InChI is InChI=1S/C19H21N2O.HI/c1-4-21-17(13-15-9-11-20(2)12-10-15)6-5-16-14-18(22-3)7-8-19(16)21;/h5-14H,4H2,1-3H3;1H/q+1;/p-1. The van der Waals surface area contributed by atoms with Gasteiger partial charge in [-0.15, -0.1) is 0 Å². The van der Waals surface area contributed by atoms with E-state index in [1.165, 1.54) is 22.5 Å². The Hall–Kier alpha value is -1.82. The number of benzene rings is 1. The van der Waals surface area contributed by atoms with E-state index in [1.807, 2.05) is 17.7 Å². The summed E-state index contributed by atoms with van der Waals surface area (Å²) in [5.41, 5.74) is 4.82. The first-order valence-electron chi connectivity index (χ1n) is 7.52. The second kappa shape index (κ2) is 7.64. The van der Waals surface area contributed by atoms with Crippen LogP contribution in [0, 0.1) is 0 Å². The monoisotopic (exact) mass is 420 g/mol. The van der Waals surface area contributed by atoms with E-state index < -0.39 is 0 Å². The lowest BCUT2D eigenvalue weighted by Gasteiger charge is -2.29. The summed E-state index contributed by atoms with van der Waals surface area (Å²) in [6.45, 7) is 3.10. The lowest BCUT2D eigenvalue weighted by atomic mass is 10.0. The average molecular weight is 420 g/mol. The number of allylic oxidation sites excluding steroid dienone is 1. The lowest BCUT2D eigenvalue weighted by Crippen LogP contribution is -3.00. The topological polar surface area (TPSA) is 16.4 Å². The molecule has 2 heterocycles. The third-order valence-corrected chi connectivity index (χ3v) is 3.91. The van der Waals surface area contributed by atoms with Gasteiger partial charge in [-0.05, 0) is 42.8 Å². The van der Waals surface area contributed by atoms with Gasteiger partial charge in [0.05, 0.1) is 7.11 Å². The van der Waals surface area contributed by atoms with Crippen LogP contribution in [0.1, 0.15) is 18.1 Å². The Labute approximate surface area is 154 Å². The number of hydrogen-bond donors (Lipinski definition) is 0. The molecule has 3 rings (SSSR count). The zero-order chi connectivity index (χ0) is 15.5. The van der Waals surface area contributed by atoms with Crippen LogP contribution in [0.15, 0.2) is 54.5 Å². The Morgan fingerprint density at radius 2 is 1.87 bits per heavy atom. The van der Waals surface area contributed by atoms with Crippen molar-refractivity contribution in [2.75, 3.05) is 18.6 Å². The maximum Gasteiger partial charge on any atom is 0.169 e. The average Bonchev–Trinajstić information content (AvgIpc) is 2.56. The molecule has 1 aliphatic heterocycles. The number of anilines is 1. The summed E-state index contributed by atoms with van der Waals surface area (Å²) < 4.78 is 7.35. The smallest absolute Gasteiger partial charge is 0.169 e. The highest BCUT2D eigenvalue weighted by atomic mass is 127. The molecular weight excluding hydrogens is 399 g/mol. The van der Waals surface area contributed by atoms with Crippen LogP contribution in [-0.2, 0) is 7.05 Å². The Morgan fingerprint density at radius 3 is 2.52 bits per heavy atom. The molecule has 0 atom stereocenters. The van der Waals surface area contributed by atoms with E-state index in [4.69, 9.17) is 4.74 Å². The van der Waals surface area contributed by atoms with E-state index in [9.17, 15) is 0 Å². The normalized spacial score (nSPS) is 14.4. The van der Waals surface area contributed by atoms with Gasteiger partial charge in [0.25, 0.3) is 0 Å². The van der Waals surface area contributed by atoms with Gasteiger partial charge in [-0.1, -0.05) is 6.08 Å². The van der Waals surface area contributed by atoms with Gasteiger partial charge in [0.15, 0.2) is 12.4 Å². The van der Waals surface area contributed by atoms with E-state index in [0.717, 1.165) is 12.3 Å². The zero-order valence-electron chi connectivity index (χ0n) is 13.7. The number of pyridine rings is 1. The minimum absolute atomic E-state index is 0. The van der Waals surface area contributed by atoms with Crippen LogP contribution in [0.2, 0.25) is 0 Å². The Kier molecular flexibility index (Phi) is 5.82. The molecule has 1 aromatic carbocycles. The summed E-state index contributed by atoms with van der Waals surface area (Å²) in [6, 6.07) is 10.5. The summed E-state index contributed by atoms with van der Waals surface area (Å²) in [7, 11) is 3.73. The maximum absolute atomic E-state index is 5.31. The van der Waals surface area contributed by atoms with E-state index in [2.05, 4.69) is 66.7 Å². The Morgan fingerprint density at radius 1 is 1.13 bits per heavy atom. The van der Waals surface area contributed by atoms with Gasteiger partial charge in [-0.2, -0.15) is 0 Å². The molecule has 0 spiro atoms. The van der Waals surface area contributed by atoms with Gasteiger partial charge < -0.3 is 33.6 Å². The number of aromatic nitrogens is 1. The Balaban J connectivity index is 0.00000192. The second-order valence-electron chi connectivity index (χ2n) is 5.37. The fraction of sp³-hybridized carbons (Fsp3) is 0.211. The first-order chi connectivity index (χ1) is 10.7.